The van der Waals surface area contributed by atoms with E-state index in [2.05, 4.69) is 20.6 Å². The van der Waals surface area contributed by atoms with Gasteiger partial charge < -0.3 is 20.4 Å². The lowest BCUT2D eigenvalue weighted by atomic mass is 9.92. The van der Waals surface area contributed by atoms with Crippen LogP contribution >= 0.6 is 0 Å². The molecule has 4 rings (SSSR count). The maximum Gasteiger partial charge on any atom is 0.287 e. The van der Waals surface area contributed by atoms with Crippen LogP contribution in [0.3, 0.4) is 0 Å². The quantitative estimate of drug-likeness (QED) is 0.396. The van der Waals surface area contributed by atoms with Crippen molar-refractivity contribution in [1.29, 1.82) is 0 Å². The Labute approximate surface area is 204 Å². The summed E-state index contributed by atoms with van der Waals surface area (Å²) < 4.78 is 5.21. The van der Waals surface area contributed by atoms with E-state index < -0.39 is 29.3 Å². The lowest BCUT2D eigenvalue weighted by Crippen LogP contribution is -2.54. The Kier molecular flexibility index (Phi) is 7.29. The standard InChI is InChI=1S/C27H30N4O4/c1-27(12-13-27)23(32)21(16-18-6-4-3-5-7-18)30-25(33)22(31-26(34)24-28-14-15-29-24)17-19-8-10-20(35-2)11-9-19/h3-11,14-15,21-22H,12-13,16-17H2,1-2H3,(H,28,29)(H,30,33)(H,31,34)/t21-,22-/m0/s1. The fourth-order valence-corrected chi connectivity index (χ4v) is 4.01. The maximum atomic E-state index is 13.5. The van der Waals surface area contributed by atoms with Crippen LogP contribution in [0.5, 0.6) is 5.75 Å². The zero-order chi connectivity index (χ0) is 24.8. The highest BCUT2D eigenvalue weighted by atomic mass is 16.5. The minimum Gasteiger partial charge on any atom is -0.497 e. The molecule has 0 bridgehead atoms. The summed E-state index contributed by atoms with van der Waals surface area (Å²) in [6, 6.07) is 15.3. The SMILES string of the molecule is COc1ccc(C[C@H](NC(=O)c2ncc[nH]2)C(=O)N[C@@H](Cc2ccccc2)C(=O)C2(C)CC2)cc1. The number of methoxy groups -OCH3 is 1. The molecule has 1 heterocycles. The predicted octanol–water partition coefficient (Wildman–Crippen LogP) is 2.86. The fourth-order valence-electron chi connectivity index (χ4n) is 4.01. The number of aromatic nitrogens is 2. The molecule has 1 aliphatic rings. The van der Waals surface area contributed by atoms with Crippen LogP contribution in [-0.4, -0.2) is 46.8 Å². The van der Waals surface area contributed by atoms with Crippen LogP contribution < -0.4 is 15.4 Å². The van der Waals surface area contributed by atoms with Crippen LogP contribution in [0.1, 0.15) is 41.5 Å². The number of ketones is 1. The van der Waals surface area contributed by atoms with Gasteiger partial charge in [-0.3, -0.25) is 14.4 Å². The van der Waals surface area contributed by atoms with Crippen molar-refractivity contribution in [3.63, 3.8) is 0 Å². The molecular formula is C27H30N4O4. The Morgan fingerprint density at radius 1 is 0.971 bits per heavy atom. The molecule has 0 aliphatic heterocycles. The minimum atomic E-state index is -0.904. The van der Waals surface area contributed by atoms with Crippen molar-refractivity contribution in [2.24, 2.45) is 5.41 Å². The highest BCUT2D eigenvalue weighted by molar-refractivity contribution is 5.98. The summed E-state index contributed by atoms with van der Waals surface area (Å²) in [7, 11) is 1.58. The number of nitrogens with zero attached hydrogens (tertiary/aromatic N) is 1. The van der Waals surface area contributed by atoms with Gasteiger partial charge in [-0.2, -0.15) is 0 Å². The number of carbonyl (C=O) groups excluding carboxylic acids is 3. The zero-order valence-corrected chi connectivity index (χ0v) is 19.9. The molecule has 0 radical (unpaired) electrons. The molecule has 2 atom stereocenters. The molecule has 1 fully saturated rings. The Balaban J connectivity index is 1.54. The first-order valence-corrected chi connectivity index (χ1v) is 11.7. The average molecular weight is 475 g/mol. The summed E-state index contributed by atoms with van der Waals surface area (Å²) >= 11 is 0. The van der Waals surface area contributed by atoms with Gasteiger partial charge in [0.05, 0.1) is 13.2 Å². The molecule has 8 nitrogen and oxygen atoms in total. The molecule has 8 heteroatoms. The second-order valence-electron chi connectivity index (χ2n) is 9.19. The highest BCUT2D eigenvalue weighted by Gasteiger charge is 2.48. The molecule has 182 valence electrons. The average Bonchev–Trinajstić information content (AvgIpc) is 3.39. The number of ether oxygens (including phenoxy) is 1. The first-order chi connectivity index (χ1) is 16.9. The number of H-pyrrole nitrogens is 1. The molecule has 0 spiro atoms. The topological polar surface area (TPSA) is 113 Å². The molecule has 2 aromatic carbocycles. The van der Waals surface area contributed by atoms with E-state index in [4.69, 9.17) is 4.74 Å². The number of hydrogen-bond acceptors (Lipinski definition) is 5. The van der Waals surface area contributed by atoms with Crippen LogP contribution in [0.2, 0.25) is 0 Å². The van der Waals surface area contributed by atoms with E-state index in [1.165, 1.54) is 6.20 Å². The monoisotopic (exact) mass is 474 g/mol. The van der Waals surface area contributed by atoms with Crippen LogP contribution in [0.4, 0.5) is 0 Å². The van der Waals surface area contributed by atoms with Crippen LogP contribution in [-0.2, 0) is 22.4 Å². The summed E-state index contributed by atoms with van der Waals surface area (Å²) in [5.74, 6) is -0.0845. The largest absolute Gasteiger partial charge is 0.497 e. The van der Waals surface area contributed by atoms with Gasteiger partial charge >= 0.3 is 0 Å². The Morgan fingerprint density at radius 2 is 1.63 bits per heavy atom. The highest BCUT2D eigenvalue weighted by Crippen LogP contribution is 2.46. The van der Waals surface area contributed by atoms with E-state index in [0.29, 0.717) is 12.2 Å². The molecular weight excluding hydrogens is 444 g/mol. The lowest BCUT2D eigenvalue weighted by molar-refractivity contribution is -0.131. The van der Waals surface area contributed by atoms with Crippen molar-refractivity contribution in [3.8, 4) is 5.75 Å². The summed E-state index contributed by atoms with van der Waals surface area (Å²) in [4.78, 5) is 46.2. The van der Waals surface area contributed by atoms with Gasteiger partial charge in [0.15, 0.2) is 11.6 Å². The first-order valence-electron chi connectivity index (χ1n) is 11.7. The number of aromatic amines is 1. The number of amides is 2. The van der Waals surface area contributed by atoms with E-state index in [-0.39, 0.29) is 18.0 Å². The van der Waals surface area contributed by atoms with Crippen LogP contribution in [0, 0.1) is 5.41 Å². The third-order valence-corrected chi connectivity index (χ3v) is 6.44. The molecule has 1 aliphatic carbocycles. The third kappa shape index (κ3) is 6.15. The smallest absolute Gasteiger partial charge is 0.287 e. The Morgan fingerprint density at radius 3 is 2.23 bits per heavy atom. The van der Waals surface area contributed by atoms with Gasteiger partial charge in [0.2, 0.25) is 5.91 Å². The second kappa shape index (κ2) is 10.5. The Bertz CT molecular complexity index is 1160. The summed E-state index contributed by atoms with van der Waals surface area (Å²) in [5, 5.41) is 5.72. The van der Waals surface area contributed by atoms with Crippen molar-refractivity contribution >= 4 is 17.6 Å². The summed E-state index contributed by atoms with van der Waals surface area (Å²) in [6.45, 7) is 1.94. The van der Waals surface area contributed by atoms with E-state index in [0.717, 1.165) is 24.0 Å². The van der Waals surface area contributed by atoms with Gasteiger partial charge in [0.25, 0.3) is 5.91 Å². The second-order valence-corrected chi connectivity index (χ2v) is 9.19. The number of nitrogens with one attached hydrogen (secondary N) is 3. The number of hydrogen-bond donors (Lipinski definition) is 3. The van der Waals surface area contributed by atoms with Gasteiger partial charge in [0.1, 0.15) is 11.8 Å². The predicted molar refractivity (Wildman–Crippen MR) is 131 cm³/mol. The van der Waals surface area contributed by atoms with Gasteiger partial charge in [-0.1, -0.05) is 49.4 Å². The molecule has 35 heavy (non-hydrogen) atoms. The number of rotatable bonds is 11. The maximum absolute atomic E-state index is 13.5. The van der Waals surface area contributed by atoms with Gasteiger partial charge in [-0.15, -0.1) is 0 Å². The zero-order valence-electron chi connectivity index (χ0n) is 19.9. The summed E-state index contributed by atoms with van der Waals surface area (Å²) in [6.07, 6.45) is 5.28. The molecule has 3 aromatic rings. The molecule has 1 aromatic heterocycles. The van der Waals surface area contributed by atoms with Crippen molar-refractivity contribution in [2.45, 2.75) is 44.7 Å². The fraction of sp³-hybridized carbons (Fsp3) is 0.333. The molecule has 3 N–H and O–H groups in total. The van der Waals surface area contributed by atoms with E-state index >= 15 is 0 Å². The molecule has 2 amide bonds. The van der Waals surface area contributed by atoms with E-state index in [9.17, 15) is 14.4 Å². The van der Waals surface area contributed by atoms with Crippen LogP contribution in [0.15, 0.2) is 67.0 Å². The number of imidazole rings is 1. The van der Waals surface area contributed by atoms with Crippen molar-refractivity contribution in [1.82, 2.24) is 20.6 Å². The van der Waals surface area contributed by atoms with Crippen molar-refractivity contribution in [3.05, 3.63) is 83.9 Å². The number of benzene rings is 2. The minimum absolute atomic E-state index is 0.0234. The van der Waals surface area contributed by atoms with Gasteiger partial charge in [0, 0.05) is 24.2 Å². The van der Waals surface area contributed by atoms with E-state index in [1.807, 2.05) is 49.4 Å². The van der Waals surface area contributed by atoms with E-state index in [1.54, 1.807) is 25.4 Å². The number of Topliss-reactive ketones (excluding diaryl/α,β-unsaturated/α-hetero) is 1. The van der Waals surface area contributed by atoms with Crippen molar-refractivity contribution < 1.29 is 19.1 Å². The summed E-state index contributed by atoms with van der Waals surface area (Å²) in [5.41, 5.74) is 1.39. The van der Waals surface area contributed by atoms with Crippen molar-refractivity contribution in [2.75, 3.05) is 7.11 Å². The first kappa shape index (κ1) is 24.2. The Hall–Kier alpha value is -3.94. The molecule has 0 saturated heterocycles. The van der Waals surface area contributed by atoms with Gasteiger partial charge in [-0.25, -0.2) is 4.98 Å². The van der Waals surface area contributed by atoms with Gasteiger partial charge in [-0.05, 0) is 42.5 Å². The molecule has 1 saturated carbocycles. The van der Waals surface area contributed by atoms with Crippen LogP contribution in [0.25, 0.3) is 0 Å². The molecule has 0 unspecified atom stereocenters. The number of carbonyl (C=O) groups is 3. The normalized spacial score (nSPS) is 15.5. The third-order valence-electron chi connectivity index (χ3n) is 6.44. The lowest BCUT2D eigenvalue weighted by Gasteiger charge is -2.25.